The van der Waals surface area contributed by atoms with Crippen molar-refractivity contribution in [2.75, 3.05) is 6.54 Å². The standard InChI is InChI=1S/C10H12ClN.ClH/c11-9-5-3-8(4-6-9)10-2-1-7-12-10;/h3-6,10,12H,1-2,7H2;1H/t10-;/m1./s1. The SMILES string of the molecule is Cl.Clc1ccc([C@H]2CCCN2)cc1. The molecule has 1 N–H and O–H groups in total. The van der Waals surface area contributed by atoms with Crippen LogP contribution in [0.1, 0.15) is 24.4 Å². The Balaban J connectivity index is 0.000000845. The first-order valence-corrected chi connectivity index (χ1v) is 4.73. The zero-order chi connectivity index (χ0) is 8.39. The maximum atomic E-state index is 5.80. The van der Waals surface area contributed by atoms with Crippen LogP contribution >= 0.6 is 24.0 Å². The Morgan fingerprint density at radius 1 is 1.23 bits per heavy atom. The second kappa shape index (κ2) is 4.85. The molecule has 1 aromatic carbocycles. The molecule has 0 spiro atoms. The van der Waals surface area contributed by atoms with Gasteiger partial charge in [-0.1, -0.05) is 23.7 Å². The molecule has 1 atom stereocenters. The molecule has 0 saturated carbocycles. The monoisotopic (exact) mass is 217 g/mol. The zero-order valence-corrected chi connectivity index (χ0v) is 8.87. The topological polar surface area (TPSA) is 12.0 Å². The molecule has 1 nitrogen and oxygen atoms in total. The Kier molecular flexibility index (Phi) is 4.04. The van der Waals surface area contributed by atoms with Crippen molar-refractivity contribution >= 4 is 24.0 Å². The van der Waals surface area contributed by atoms with Gasteiger partial charge in [0.15, 0.2) is 0 Å². The van der Waals surface area contributed by atoms with Crippen LogP contribution in [0.3, 0.4) is 0 Å². The van der Waals surface area contributed by atoms with Gasteiger partial charge in [-0.2, -0.15) is 0 Å². The number of halogens is 2. The number of hydrogen-bond acceptors (Lipinski definition) is 1. The molecule has 0 aliphatic carbocycles. The maximum absolute atomic E-state index is 5.80. The van der Waals surface area contributed by atoms with E-state index in [-0.39, 0.29) is 12.4 Å². The van der Waals surface area contributed by atoms with E-state index in [4.69, 9.17) is 11.6 Å². The van der Waals surface area contributed by atoms with Gasteiger partial charge < -0.3 is 5.32 Å². The smallest absolute Gasteiger partial charge is 0.0406 e. The van der Waals surface area contributed by atoms with Crippen LogP contribution in [-0.2, 0) is 0 Å². The molecule has 13 heavy (non-hydrogen) atoms. The van der Waals surface area contributed by atoms with Crippen LogP contribution in [0.25, 0.3) is 0 Å². The van der Waals surface area contributed by atoms with E-state index >= 15 is 0 Å². The van der Waals surface area contributed by atoms with Crippen molar-refractivity contribution in [2.24, 2.45) is 0 Å². The lowest BCUT2D eigenvalue weighted by Gasteiger charge is -2.09. The lowest BCUT2D eigenvalue weighted by molar-refractivity contribution is 0.648. The van der Waals surface area contributed by atoms with Crippen LogP contribution in [0.2, 0.25) is 5.02 Å². The summed E-state index contributed by atoms with van der Waals surface area (Å²) in [5.41, 5.74) is 1.36. The normalized spacial score (nSPS) is 21.2. The van der Waals surface area contributed by atoms with E-state index in [9.17, 15) is 0 Å². The van der Waals surface area contributed by atoms with Gasteiger partial charge in [0.1, 0.15) is 0 Å². The van der Waals surface area contributed by atoms with Gasteiger partial charge in [-0.25, -0.2) is 0 Å². The Morgan fingerprint density at radius 2 is 1.92 bits per heavy atom. The summed E-state index contributed by atoms with van der Waals surface area (Å²) in [7, 11) is 0. The van der Waals surface area contributed by atoms with Gasteiger partial charge in [0, 0.05) is 11.1 Å². The molecule has 0 aromatic heterocycles. The number of benzene rings is 1. The summed E-state index contributed by atoms with van der Waals surface area (Å²) in [5.74, 6) is 0. The third-order valence-corrected chi connectivity index (χ3v) is 2.58. The minimum atomic E-state index is 0. The molecule has 1 aromatic rings. The molecular weight excluding hydrogens is 205 g/mol. The average Bonchev–Trinajstić information content (AvgIpc) is 2.58. The summed E-state index contributed by atoms with van der Waals surface area (Å²) in [6.07, 6.45) is 2.54. The van der Waals surface area contributed by atoms with E-state index in [1.54, 1.807) is 0 Å². The number of hydrogen-bond donors (Lipinski definition) is 1. The fourth-order valence-electron chi connectivity index (χ4n) is 1.66. The Labute approximate surface area is 89.9 Å². The predicted molar refractivity (Wildman–Crippen MR) is 58.7 cm³/mol. The molecule has 1 aliphatic heterocycles. The second-order valence-corrected chi connectivity index (χ2v) is 3.64. The van der Waals surface area contributed by atoms with Crippen LogP contribution in [0.5, 0.6) is 0 Å². The number of rotatable bonds is 1. The van der Waals surface area contributed by atoms with E-state index in [1.165, 1.54) is 18.4 Å². The molecule has 72 valence electrons. The van der Waals surface area contributed by atoms with Gasteiger partial charge in [0.25, 0.3) is 0 Å². The molecule has 1 fully saturated rings. The van der Waals surface area contributed by atoms with Crippen molar-refractivity contribution in [1.82, 2.24) is 5.32 Å². The van der Waals surface area contributed by atoms with Crippen LogP contribution in [0.15, 0.2) is 24.3 Å². The van der Waals surface area contributed by atoms with Crippen molar-refractivity contribution in [2.45, 2.75) is 18.9 Å². The van der Waals surface area contributed by atoms with E-state index in [0.29, 0.717) is 6.04 Å². The van der Waals surface area contributed by atoms with Crippen LogP contribution < -0.4 is 5.32 Å². The fraction of sp³-hybridized carbons (Fsp3) is 0.400. The molecule has 1 heterocycles. The van der Waals surface area contributed by atoms with Crippen LogP contribution in [-0.4, -0.2) is 6.54 Å². The highest BCUT2D eigenvalue weighted by Crippen LogP contribution is 2.23. The van der Waals surface area contributed by atoms with Crippen molar-refractivity contribution in [3.8, 4) is 0 Å². The third-order valence-electron chi connectivity index (χ3n) is 2.33. The summed E-state index contributed by atoms with van der Waals surface area (Å²) >= 11 is 5.80. The zero-order valence-electron chi connectivity index (χ0n) is 7.29. The highest BCUT2D eigenvalue weighted by molar-refractivity contribution is 6.30. The van der Waals surface area contributed by atoms with E-state index in [2.05, 4.69) is 17.4 Å². The molecule has 2 rings (SSSR count). The minimum Gasteiger partial charge on any atom is -0.310 e. The fourth-order valence-corrected chi connectivity index (χ4v) is 1.79. The second-order valence-electron chi connectivity index (χ2n) is 3.20. The highest BCUT2D eigenvalue weighted by atomic mass is 35.5. The Morgan fingerprint density at radius 3 is 2.46 bits per heavy atom. The Hall–Kier alpha value is -0.240. The van der Waals surface area contributed by atoms with Gasteiger partial charge in [-0.05, 0) is 37.1 Å². The van der Waals surface area contributed by atoms with Crippen molar-refractivity contribution in [3.63, 3.8) is 0 Å². The predicted octanol–water partition coefficient (Wildman–Crippen LogP) is 3.19. The molecule has 1 aliphatic rings. The molecule has 1 saturated heterocycles. The number of nitrogens with one attached hydrogen (secondary N) is 1. The first-order valence-electron chi connectivity index (χ1n) is 4.35. The molecule has 0 unspecified atom stereocenters. The largest absolute Gasteiger partial charge is 0.310 e. The molecule has 3 heteroatoms. The summed E-state index contributed by atoms with van der Waals surface area (Å²) in [4.78, 5) is 0. The Bertz CT molecular complexity index is 252. The van der Waals surface area contributed by atoms with Gasteiger partial charge in [-0.15, -0.1) is 12.4 Å². The lowest BCUT2D eigenvalue weighted by Crippen LogP contribution is -2.12. The first kappa shape index (κ1) is 10.8. The van der Waals surface area contributed by atoms with Crippen molar-refractivity contribution in [3.05, 3.63) is 34.9 Å². The quantitative estimate of drug-likeness (QED) is 0.763. The summed E-state index contributed by atoms with van der Waals surface area (Å²) in [6, 6.07) is 8.67. The summed E-state index contributed by atoms with van der Waals surface area (Å²) < 4.78 is 0. The molecule has 0 radical (unpaired) electrons. The van der Waals surface area contributed by atoms with Crippen LogP contribution in [0.4, 0.5) is 0 Å². The minimum absolute atomic E-state index is 0. The average molecular weight is 218 g/mol. The third kappa shape index (κ3) is 2.60. The summed E-state index contributed by atoms with van der Waals surface area (Å²) in [5, 5.41) is 4.27. The van der Waals surface area contributed by atoms with Crippen molar-refractivity contribution < 1.29 is 0 Å². The maximum Gasteiger partial charge on any atom is 0.0406 e. The molecule has 0 bridgehead atoms. The molecule has 0 amide bonds. The van der Waals surface area contributed by atoms with E-state index in [1.807, 2.05) is 12.1 Å². The van der Waals surface area contributed by atoms with E-state index in [0.717, 1.165) is 11.6 Å². The van der Waals surface area contributed by atoms with Crippen molar-refractivity contribution in [1.29, 1.82) is 0 Å². The van der Waals surface area contributed by atoms with Gasteiger partial charge >= 0.3 is 0 Å². The molecular formula is C10H13Cl2N. The van der Waals surface area contributed by atoms with E-state index < -0.39 is 0 Å². The van der Waals surface area contributed by atoms with Gasteiger partial charge in [-0.3, -0.25) is 0 Å². The highest BCUT2D eigenvalue weighted by Gasteiger charge is 2.15. The van der Waals surface area contributed by atoms with Gasteiger partial charge in [0.05, 0.1) is 0 Å². The first-order chi connectivity index (χ1) is 5.86. The summed E-state index contributed by atoms with van der Waals surface area (Å²) in [6.45, 7) is 1.15. The van der Waals surface area contributed by atoms with Gasteiger partial charge in [0.2, 0.25) is 0 Å². The van der Waals surface area contributed by atoms with Crippen LogP contribution in [0, 0.1) is 0 Å². The lowest BCUT2D eigenvalue weighted by atomic mass is 10.1.